The highest BCUT2D eigenvalue weighted by atomic mass is 35.5. The summed E-state index contributed by atoms with van der Waals surface area (Å²) in [5, 5.41) is 4.06. The zero-order valence-electron chi connectivity index (χ0n) is 10.4. The average molecular weight is 254 g/mol. The van der Waals surface area contributed by atoms with Gasteiger partial charge in [0.05, 0.1) is 16.9 Å². The maximum absolute atomic E-state index is 6.12. The van der Waals surface area contributed by atoms with Crippen LogP contribution in [0.1, 0.15) is 33.1 Å². The zero-order chi connectivity index (χ0) is 12.4. The van der Waals surface area contributed by atoms with E-state index >= 15 is 0 Å². The van der Waals surface area contributed by atoms with Gasteiger partial charge >= 0.3 is 0 Å². The number of anilines is 2. The molecule has 3 N–H and O–H groups in total. The Kier molecular flexibility index (Phi) is 3.77. The Labute approximate surface area is 108 Å². The van der Waals surface area contributed by atoms with E-state index in [9.17, 15) is 0 Å². The third-order valence-corrected chi connectivity index (χ3v) is 4.22. The van der Waals surface area contributed by atoms with Crippen LogP contribution in [0.4, 0.5) is 11.5 Å². The van der Waals surface area contributed by atoms with Gasteiger partial charge in [-0.15, -0.1) is 0 Å². The van der Waals surface area contributed by atoms with Crippen LogP contribution in [-0.4, -0.2) is 11.0 Å². The fraction of sp³-hybridized carbons (Fsp3) is 0.615. The maximum Gasteiger partial charge on any atom is 0.145 e. The molecule has 0 aliphatic heterocycles. The third-order valence-electron chi connectivity index (χ3n) is 3.94. The van der Waals surface area contributed by atoms with Crippen LogP contribution in [-0.2, 0) is 0 Å². The first-order chi connectivity index (χ1) is 8.11. The summed E-state index contributed by atoms with van der Waals surface area (Å²) in [5.74, 6) is 2.25. The molecule has 3 unspecified atom stereocenters. The number of nitrogens with one attached hydrogen (secondary N) is 1. The fourth-order valence-corrected chi connectivity index (χ4v) is 2.99. The molecule has 0 saturated heterocycles. The van der Waals surface area contributed by atoms with E-state index in [0.29, 0.717) is 22.7 Å². The molecule has 94 valence electrons. The molecule has 1 saturated carbocycles. The van der Waals surface area contributed by atoms with Gasteiger partial charge in [0.25, 0.3) is 0 Å². The molecule has 1 aromatic heterocycles. The number of halogens is 1. The van der Waals surface area contributed by atoms with Gasteiger partial charge in [-0.3, -0.25) is 0 Å². The molecule has 1 fully saturated rings. The minimum Gasteiger partial charge on any atom is -0.397 e. The van der Waals surface area contributed by atoms with Crippen molar-refractivity contribution < 1.29 is 0 Å². The molecule has 1 aliphatic carbocycles. The number of nitrogens with two attached hydrogens (primary N) is 1. The number of nitrogen functional groups attached to an aromatic ring is 1. The molecule has 3 atom stereocenters. The predicted molar refractivity (Wildman–Crippen MR) is 73.2 cm³/mol. The van der Waals surface area contributed by atoms with E-state index in [1.165, 1.54) is 19.3 Å². The molecule has 1 aromatic rings. The normalized spacial score (nSPS) is 28.3. The van der Waals surface area contributed by atoms with E-state index in [1.807, 2.05) is 0 Å². The quantitative estimate of drug-likeness (QED) is 0.866. The van der Waals surface area contributed by atoms with Crippen LogP contribution in [0.15, 0.2) is 12.3 Å². The first kappa shape index (κ1) is 12.5. The van der Waals surface area contributed by atoms with Gasteiger partial charge in [-0.1, -0.05) is 31.9 Å². The van der Waals surface area contributed by atoms with Gasteiger partial charge in [0, 0.05) is 6.04 Å². The lowest BCUT2D eigenvalue weighted by molar-refractivity contribution is 0.391. The zero-order valence-corrected chi connectivity index (χ0v) is 11.2. The van der Waals surface area contributed by atoms with E-state index in [1.54, 1.807) is 12.3 Å². The van der Waals surface area contributed by atoms with Crippen molar-refractivity contribution in [2.75, 3.05) is 11.1 Å². The number of nitrogens with zero attached hydrogens (tertiary/aromatic N) is 1. The molecule has 1 heterocycles. The standard InChI is InChI=1S/C13H20ClN3/c1-3-9-4-5-12(8(9)2)17-13-11(14)6-10(15)7-16-13/h6-9,12H,3-5,15H2,1-2H3,(H,16,17). The van der Waals surface area contributed by atoms with Gasteiger partial charge in [-0.2, -0.15) is 0 Å². The molecular formula is C13H20ClN3. The Morgan fingerprint density at radius 1 is 1.53 bits per heavy atom. The Balaban J connectivity index is 2.06. The first-order valence-electron chi connectivity index (χ1n) is 6.29. The van der Waals surface area contributed by atoms with E-state index in [2.05, 4.69) is 24.1 Å². The molecule has 2 rings (SSSR count). The second-order valence-corrected chi connectivity index (χ2v) is 5.36. The molecule has 1 aliphatic rings. The van der Waals surface area contributed by atoms with Crippen LogP contribution in [0.5, 0.6) is 0 Å². The number of rotatable bonds is 3. The second-order valence-electron chi connectivity index (χ2n) is 4.95. The highest BCUT2D eigenvalue weighted by Gasteiger charge is 2.31. The average Bonchev–Trinajstić information content (AvgIpc) is 2.64. The molecule has 0 bridgehead atoms. The van der Waals surface area contributed by atoms with Crippen LogP contribution in [0.3, 0.4) is 0 Å². The number of aromatic nitrogens is 1. The van der Waals surface area contributed by atoms with Crippen LogP contribution in [0.25, 0.3) is 0 Å². The van der Waals surface area contributed by atoms with E-state index in [-0.39, 0.29) is 0 Å². The van der Waals surface area contributed by atoms with Gasteiger partial charge in [0.15, 0.2) is 0 Å². The van der Waals surface area contributed by atoms with Crippen molar-refractivity contribution in [1.82, 2.24) is 4.98 Å². The summed E-state index contributed by atoms with van der Waals surface area (Å²) in [5.41, 5.74) is 6.24. The van der Waals surface area contributed by atoms with Crippen LogP contribution >= 0.6 is 11.6 Å². The van der Waals surface area contributed by atoms with Crippen molar-refractivity contribution in [3.63, 3.8) is 0 Å². The van der Waals surface area contributed by atoms with E-state index in [0.717, 1.165) is 11.7 Å². The fourth-order valence-electron chi connectivity index (χ4n) is 2.76. The highest BCUT2D eigenvalue weighted by Crippen LogP contribution is 2.36. The van der Waals surface area contributed by atoms with Crippen molar-refractivity contribution >= 4 is 23.1 Å². The Morgan fingerprint density at radius 2 is 2.29 bits per heavy atom. The molecule has 0 aromatic carbocycles. The van der Waals surface area contributed by atoms with Crippen molar-refractivity contribution in [3.05, 3.63) is 17.3 Å². The SMILES string of the molecule is CCC1CCC(Nc2ncc(N)cc2Cl)C1C. The summed E-state index contributed by atoms with van der Waals surface area (Å²) in [6, 6.07) is 2.22. The van der Waals surface area contributed by atoms with Crippen LogP contribution in [0, 0.1) is 11.8 Å². The van der Waals surface area contributed by atoms with Gasteiger partial charge in [0.1, 0.15) is 5.82 Å². The summed E-state index contributed by atoms with van der Waals surface area (Å²) in [4.78, 5) is 4.26. The van der Waals surface area contributed by atoms with Gasteiger partial charge in [-0.05, 0) is 30.7 Å². The molecule has 0 radical (unpaired) electrons. The van der Waals surface area contributed by atoms with Crippen molar-refractivity contribution in [3.8, 4) is 0 Å². The molecule has 4 heteroatoms. The third kappa shape index (κ3) is 2.65. The van der Waals surface area contributed by atoms with Gasteiger partial charge in [0.2, 0.25) is 0 Å². The molecular weight excluding hydrogens is 234 g/mol. The summed E-state index contributed by atoms with van der Waals surface area (Å²) in [6.07, 6.45) is 5.39. The van der Waals surface area contributed by atoms with Gasteiger partial charge in [-0.25, -0.2) is 4.98 Å². The van der Waals surface area contributed by atoms with Gasteiger partial charge < -0.3 is 11.1 Å². The minimum absolute atomic E-state index is 0.480. The molecule has 0 amide bonds. The maximum atomic E-state index is 6.12. The number of hydrogen-bond acceptors (Lipinski definition) is 3. The Morgan fingerprint density at radius 3 is 2.88 bits per heavy atom. The smallest absolute Gasteiger partial charge is 0.145 e. The van der Waals surface area contributed by atoms with Crippen LogP contribution < -0.4 is 11.1 Å². The van der Waals surface area contributed by atoms with Crippen molar-refractivity contribution in [1.29, 1.82) is 0 Å². The lowest BCUT2D eigenvalue weighted by atomic mass is 9.93. The van der Waals surface area contributed by atoms with Crippen LogP contribution in [0.2, 0.25) is 5.02 Å². The van der Waals surface area contributed by atoms with Crippen molar-refractivity contribution in [2.24, 2.45) is 11.8 Å². The largest absolute Gasteiger partial charge is 0.397 e. The molecule has 17 heavy (non-hydrogen) atoms. The Bertz CT molecular complexity index is 394. The number of hydrogen-bond donors (Lipinski definition) is 2. The molecule has 3 nitrogen and oxygen atoms in total. The van der Waals surface area contributed by atoms with E-state index < -0.39 is 0 Å². The van der Waals surface area contributed by atoms with Crippen molar-refractivity contribution in [2.45, 2.75) is 39.2 Å². The minimum atomic E-state index is 0.480. The summed E-state index contributed by atoms with van der Waals surface area (Å²) >= 11 is 6.12. The predicted octanol–water partition coefficient (Wildman–Crippen LogP) is 3.55. The molecule has 0 spiro atoms. The highest BCUT2D eigenvalue weighted by molar-refractivity contribution is 6.33. The monoisotopic (exact) mass is 253 g/mol. The number of pyridine rings is 1. The summed E-state index contributed by atoms with van der Waals surface area (Å²) < 4.78 is 0. The topological polar surface area (TPSA) is 50.9 Å². The lowest BCUT2D eigenvalue weighted by Gasteiger charge is -2.22. The first-order valence-corrected chi connectivity index (χ1v) is 6.67. The second kappa shape index (κ2) is 5.13. The van der Waals surface area contributed by atoms with E-state index in [4.69, 9.17) is 17.3 Å². The Hall–Kier alpha value is -0.960. The lowest BCUT2D eigenvalue weighted by Crippen LogP contribution is -2.25. The summed E-state index contributed by atoms with van der Waals surface area (Å²) in [6.45, 7) is 4.57. The summed E-state index contributed by atoms with van der Waals surface area (Å²) in [7, 11) is 0.